The van der Waals surface area contributed by atoms with Gasteiger partial charge >= 0.3 is 0 Å². The van der Waals surface area contributed by atoms with Gasteiger partial charge in [-0.2, -0.15) is 0 Å². The SMILES string of the molecule is C[Si](C)(C)OCCOCCOCCOCCOCCCCCCCl. The fraction of sp³-hybridized carbons (Fsp3) is 1.00. The van der Waals surface area contributed by atoms with Gasteiger partial charge in [-0.3, -0.25) is 0 Å². The van der Waals surface area contributed by atoms with Crippen LogP contribution in [0.5, 0.6) is 0 Å². The lowest BCUT2D eigenvalue weighted by Gasteiger charge is -2.16. The van der Waals surface area contributed by atoms with E-state index >= 15 is 0 Å². The molecule has 0 aliphatic carbocycles. The number of alkyl halides is 1. The van der Waals surface area contributed by atoms with Crippen molar-refractivity contribution in [3.8, 4) is 0 Å². The van der Waals surface area contributed by atoms with Crippen LogP contribution in [0.25, 0.3) is 0 Å². The van der Waals surface area contributed by atoms with Gasteiger partial charge in [0.1, 0.15) is 0 Å². The molecule has 0 spiro atoms. The third-order valence-corrected chi connectivity index (χ3v) is 4.39. The highest BCUT2D eigenvalue weighted by atomic mass is 35.5. The molecule has 0 bridgehead atoms. The standard InChI is InChI=1S/C17H37ClO5Si/c1-24(2,3)23-17-16-22-15-14-21-13-12-20-11-10-19-9-7-5-4-6-8-18/h4-17H2,1-3H3. The molecule has 0 amide bonds. The van der Waals surface area contributed by atoms with Gasteiger partial charge in [0.05, 0.1) is 52.9 Å². The van der Waals surface area contributed by atoms with E-state index in [-0.39, 0.29) is 0 Å². The van der Waals surface area contributed by atoms with Crippen LogP contribution in [0.1, 0.15) is 25.7 Å². The highest BCUT2D eigenvalue weighted by molar-refractivity contribution is 6.69. The summed E-state index contributed by atoms with van der Waals surface area (Å²) in [4.78, 5) is 0. The van der Waals surface area contributed by atoms with E-state index in [1.807, 2.05) is 0 Å². The zero-order chi connectivity index (χ0) is 17.9. The van der Waals surface area contributed by atoms with Crippen LogP contribution in [-0.4, -0.2) is 73.7 Å². The zero-order valence-corrected chi connectivity index (χ0v) is 17.6. The van der Waals surface area contributed by atoms with Gasteiger partial charge in [-0.05, 0) is 32.5 Å². The van der Waals surface area contributed by atoms with E-state index in [0.717, 1.165) is 25.3 Å². The fourth-order valence-electron chi connectivity index (χ4n) is 1.82. The lowest BCUT2D eigenvalue weighted by atomic mass is 10.2. The molecule has 0 unspecified atom stereocenters. The highest BCUT2D eigenvalue weighted by Crippen LogP contribution is 2.02. The third-order valence-electron chi connectivity index (χ3n) is 3.05. The molecule has 0 N–H and O–H groups in total. The largest absolute Gasteiger partial charge is 0.415 e. The summed E-state index contributed by atoms with van der Waals surface area (Å²) in [6.07, 6.45) is 4.58. The Morgan fingerprint density at radius 1 is 0.542 bits per heavy atom. The van der Waals surface area contributed by atoms with Crippen molar-refractivity contribution in [1.82, 2.24) is 0 Å². The second-order valence-corrected chi connectivity index (χ2v) is 11.4. The number of rotatable bonds is 19. The van der Waals surface area contributed by atoms with Crippen LogP contribution in [0.2, 0.25) is 19.6 Å². The molecule has 0 atom stereocenters. The van der Waals surface area contributed by atoms with E-state index in [4.69, 9.17) is 35.0 Å². The minimum atomic E-state index is -1.41. The summed E-state index contributed by atoms with van der Waals surface area (Å²) in [6, 6.07) is 0. The molecular weight excluding hydrogens is 348 g/mol. The molecule has 0 aliphatic heterocycles. The predicted octanol–water partition coefficient (Wildman–Crippen LogP) is 3.70. The number of hydrogen-bond acceptors (Lipinski definition) is 5. The van der Waals surface area contributed by atoms with Crippen LogP contribution in [0.15, 0.2) is 0 Å². The average molecular weight is 385 g/mol. The van der Waals surface area contributed by atoms with Gasteiger partial charge in [0.2, 0.25) is 0 Å². The Labute approximate surface area is 154 Å². The third kappa shape index (κ3) is 22.3. The topological polar surface area (TPSA) is 46.2 Å². The maximum absolute atomic E-state index is 5.69. The van der Waals surface area contributed by atoms with Crippen LogP contribution < -0.4 is 0 Å². The highest BCUT2D eigenvalue weighted by Gasteiger charge is 2.12. The molecule has 7 heteroatoms. The summed E-state index contributed by atoms with van der Waals surface area (Å²) >= 11 is 5.62. The lowest BCUT2D eigenvalue weighted by Crippen LogP contribution is -2.27. The van der Waals surface area contributed by atoms with Gasteiger partial charge in [-0.15, -0.1) is 11.6 Å². The second kappa shape index (κ2) is 18.1. The summed E-state index contributed by atoms with van der Waals surface area (Å²) in [6.45, 7) is 12.3. The monoisotopic (exact) mass is 384 g/mol. The average Bonchev–Trinajstić information content (AvgIpc) is 2.52. The van der Waals surface area contributed by atoms with Gasteiger partial charge in [-0.25, -0.2) is 0 Å². The molecule has 0 fully saturated rings. The quantitative estimate of drug-likeness (QED) is 0.193. The summed E-state index contributed by atoms with van der Waals surface area (Å²) in [7, 11) is -1.41. The minimum Gasteiger partial charge on any atom is -0.415 e. The summed E-state index contributed by atoms with van der Waals surface area (Å²) in [5, 5.41) is 0. The Kier molecular flexibility index (Phi) is 18.3. The van der Waals surface area contributed by atoms with E-state index in [1.165, 1.54) is 12.8 Å². The van der Waals surface area contributed by atoms with Gasteiger partial charge in [-0.1, -0.05) is 12.8 Å². The smallest absolute Gasteiger partial charge is 0.183 e. The van der Waals surface area contributed by atoms with Crippen molar-refractivity contribution < 1.29 is 23.4 Å². The first-order valence-electron chi connectivity index (χ1n) is 9.07. The molecule has 0 aromatic heterocycles. The molecule has 0 saturated carbocycles. The van der Waals surface area contributed by atoms with E-state index in [0.29, 0.717) is 52.9 Å². The first-order chi connectivity index (χ1) is 11.6. The summed E-state index contributed by atoms with van der Waals surface area (Å²) < 4.78 is 27.5. The van der Waals surface area contributed by atoms with Crippen molar-refractivity contribution in [2.75, 3.05) is 65.3 Å². The fourth-order valence-corrected chi connectivity index (χ4v) is 2.71. The maximum atomic E-state index is 5.69. The van der Waals surface area contributed by atoms with Crippen molar-refractivity contribution >= 4 is 19.9 Å². The first kappa shape index (κ1) is 24.3. The van der Waals surface area contributed by atoms with Crippen LogP contribution in [0, 0.1) is 0 Å². The molecule has 0 heterocycles. The number of unbranched alkanes of at least 4 members (excludes halogenated alkanes) is 3. The molecule has 0 aromatic rings. The normalized spacial score (nSPS) is 12.0. The lowest BCUT2D eigenvalue weighted by molar-refractivity contribution is -0.00511. The summed E-state index contributed by atoms with van der Waals surface area (Å²) in [5.74, 6) is 0.760. The van der Waals surface area contributed by atoms with Crippen molar-refractivity contribution in [2.45, 2.75) is 45.3 Å². The summed E-state index contributed by atoms with van der Waals surface area (Å²) in [5.41, 5.74) is 0. The maximum Gasteiger partial charge on any atom is 0.183 e. The molecule has 146 valence electrons. The molecule has 5 nitrogen and oxygen atoms in total. The molecule has 0 rings (SSSR count). The first-order valence-corrected chi connectivity index (χ1v) is 13.0. The Hall–Kier alpha value is 0.307. The Bertz CT molecular complexity index is 252. The van der Waals surface area contributed by atoms with Crippen LogP contribution >= 0.6 is 11.6 Å². The molecule has 0 aromatic carbocycles. The second-order valence-electron chi connectivity index (χ2n) is 6.51. The molecular formula is C17H37ClO5Si. The van der Waals surface area contributed by atoms with Gasteiger partial charge in [0.15, 0.2) is 8.32 Å². The molecule has 0 saturated heterocycles. The van der Waals surface area contributed by atoms with Gasteiger partial charge in [0.25, 0.3) is 0 Å². The number of hydrogen-bond donors (Lipinski definition) is 0. The van der Waals surface area contributed by atoms with Crippen molar-refractivity contribution in [3.63, 3.8) is 0 Å². The molecule has 24 heavy (non-hydrogen) atoms. The van der Waals surface area contributed by atoms with Crippen LogP contribution in [0.4, 0.5) is 0 Å². The predicted molar refractivity (Wildman–Crippen MR) is 102 cm³/mol. The molecule has 0 aliphatic rings. The van der Waals surface area contributed by atoms with Crippen molar-refractivity contribution in [1.29, 1.82) is 0 Å². The Balaban J connectivity index is 3.00. The van der Waals surface area contributed by atoms with E-state index in [2.05, 4.69) is 19.6 Å². The number of halogens is 1. The van der Waals surface area contributed by atoms with Gasteiger partial charge in [0, 0.05) is 12.5 Å². The Morgan fingerprint density at radius 3 is 1.42 bits per heavy atom. The van der Waals surface area contributed by atoms with Crippen LogP contribution in [0.3, 0.4) is 0 Å². The van der Waals surface area contributed by atoms with E-state index in [1.54, 1.807) is 0 Å². The van der Waals surface area contributed by atoms with Crippen molar-refractivity contribution in [2.24, 2.45) is 0 Å². The van der Waals surface area contributed by atoms with E-state index in [9.17, 15) is 0 Å². The van der Waals surface area contributed by atoms with Gasteiger partial charge < -0.3 is 23.4 Å². The van der Waals surface area contributed by atoms with Crippen molar-refractivity contribution in [3.05, 3.63) is 0 Å². The zero-order valence-electron chi connectivity index (χ0n) is 15.8. The number of ether oxygens (including phenoxy) is 4. The molecule has 0 radical (unpaired) electrons. The minimum absolute atomic E-state index is 0.590. The Morgan fingerprint density at radius 2 is 0.958 bits per heavy atom. The van der Waals surface area contributed by atoms with E-state index < -0.39 is 8.32 Å². The van der Waals surface area contributed by atoms with Crippen LogP contribution in [-0.2, 0) is 23.4 Å².